The second-order valence-electron chi connectivity index (χ2n) is 6.27. The lowest BCUT2D eigenvalue weighted by Gasteiger charge is -2.29. The molecule has 0 saturated carbocycles. The number of amides is 2. The average Bonchev–Trinajstić information content (AvgIpc) is 2.60. The number of allylic oxidation sites excluding steroid dienone is 2. The Kier molecular flexibility index (Phi) is 9.67. The van der Waals surface area contributed by atoms with Gasteiger partial charge in [0.25, 0.3) is 11.8 Å². The van der Waals surface area contributed by atoms with Crippen LogP contribution in [0.25, 0.3) is 0 Å². The number of rotatable bonds is 4. The minimum Gasteiger partial charge on any atom is -0.338 e. The van der Waals surface area contributed by atoms with Crippen molar-refractivity contribution in [2.24, 2.45) is 5.73 Å². The molecule has 6 heteroatoms. The molecule has 6 nitrogen and oxygen atoms in total. The Balaban J connectivity index is 0.00000301. The topological polar surface area (TPSA) is 104 Å². The highest BCUT2D eigenvalue weighted by Crippen LogP contribution is 2.09. The molecule has 26 heavy (non-hydrogen) atoms. The number of carbonyl (C=O) groups is 2. The fourth-order valence-corrected chi connectivity index (χ4v) is 1.84. The molecule has 0 heterocycles. The van der Waals surface area contributed by atoms with Crippen LogP contribution in [-0.2, 0) is 4.79 Å². The lowest BCUT2D eigenvalue weighted by molar-refractivity contribution is -0.132. The number of hydroxylamine groups is 1. The van der Waals surface area contributed by atoms with Gasteiger partial charge in [0.1, 0.15) is 6.04 Å². The summed E-state index contributed by atoms with van der Waals surface area (Å²) in [5, 5.41) is 11.3. The molecule has 0 aromatic heterocycles. The van der Waals surface area contributed by atoms with E-state index in [2.05, 4.69) is 30.3 Å². The maximum atomic E-state index is 12.3. The Morgan fingerprint density at radius 3 is 2.19 bits per heavy atom. The summed E-state index contributed by atoms with van der Waals surface area (Å²) in [6.45, 7) is 13.1. The molecule has 0 saturated heterocycles. The molecule has 0 aliphatic heterocycles. The zero-order chi connectivity index (χ0) is 20.3. The normalized spacial score (nSPS) is 10.8. The van der Waals surface area contributed by atoms with Crippen LogP contribution in [0.3, 0.4) is 0 Å². The lowest BCUT2D eigenvalue weighted by atomic mass is 9.95. The highest BCUT2D eigenvalue weighted by atomic mass is 16.5. The van der Waals surface area contributed by atoms with E-state index in [1.807, 2.05) is 19.9 Å². The molecule has 0 fully saturated rings. The van der Waals surface area contributed by atoms with Gasteiger partial charge >= 0.3 is 0 Å². The Labute approximate surface area is 155 Å². The zero-order valence-electron chi connectivity index (χ0n) is 15.7. The van der Waals surface area contributed by atoms with Gasteiger partial charge in [-0.25, -0.2) is 5.48 Å². The van der Waals surface area contributed by atoms with Crippen LogP contribution in [-0.4, -0.2) is 28.6 Å². The van der Waals surface area contributed by atoms with Gasteiger partial charge in [-0.15, -0.1) is 13.2 Å². The molecular weight excluding hydrogens is 330 g/mol. The summed E-state index contributed by atoms with van der Waals surface area (Å²) in [6, 6.07) is 5.58. The van der Waals surface area contributed by atoms with E-state index in [0.29, 0.717) is 5.56 Å². The van der Waals surface area contributed by atoms with Crippen molar-refractivity contribution in [2.45, 2.75) is 39.3 Å². The average molecular weight is 357 g/mol. The third-order valence-corrected chi connectivity index (χ3v) is 3.12. The van der Waals surface area contributed by atoms with Gasteiger partial charge in [0.05, 0.1) is 0 Å². The van der Waals surface area contributed by atoms with E-state index in [1.54, 1.807) is 38.1 Å². The highest BCUT2D eigenvalue weighted by molar-refractivity contribution is 5.97. The van der Waals surface area contributed by atoms with E-state index in [-0.39, 0.29) is 0 Å². The van der Waals surface area contributed by atoms with E-state index in [9.17, 15) is 9.59 Å². The lowest BCUT2D eigenvalue weighted by Crippen LogP contribution is -2.61. The Morgan fingerprint density at radius 1 is 1.23 bits per heavy atom. The standard InChI is InChI=1S/C18H23N3O3.C2H4/c1-12(2)6-5-7-13-8-10-14(11-9-13)16(22)20-15(17(23)21-24)18(3,4)19;1-2/h6,8-11,15,24H,19H2,1-4H3,(H,20,22)(H,21,23);1-2H2. The summed E-state index contributed by atoms with van der Waals surface area (Å²) in [6.07, 6.45) is 1.81. The van der Waals surface area contributed by atoms with E-state index in [1.165, 1.54) is 5.48 Å². The minimum atomic E-state index is -1.08. The molecule has 1 rings (SSSR count). The van der Waals surface area contributed by atoms with Gasteiger partial charge in [0, 0.05) is 16.7 Å². The van der Waals surface area contributed by atoms with Gasteiger partial charge < -0.3 is 11.1 Å². The molecule has 1 aromatic carbocycles. The van der Waals surface area contributed by atoms with Crippen LogP contribution in [0, 0.1) is 11.8 Å². The summed E-state index contributed by atoms with van der Waals surface area (Å²) < 4.78 is 0. The van der Waals surface area contributed by atoms with Gasteiger partial charge in [0.15, 0.2) is 0 Å². The molecule has 5 N–H and O–H groups in total. The van der Waals surface area contributed by atoms with Crippen LogP contribution in [0.5, 0.6) is 0 Å². The third kappa shape index (κ3) is 7.79. The van der Waals surface area contributed by atoms with Crippen LogP contribution in [0.1, 0.15) is 43.6 Å². The summed E-state index contributed by atoms with van der Waals surface area (Å²) in [4.78, 5) is 23.9. The first kappa shape index (κ1) is 23.1. The smallest absolute Gasteiger partial charge is 0.267 e. The van der Waals surface area contributed by atoms with Crippen LogP contribution >= 0.6 is 0 Å². The number of benzene rings is 1. The van der Waals surface area contributed by atoms with Gasteiger partial charge in [-0.2, -0.15) is 0 Å². The number of hydrogen-bond acceptors (Lipinski definition) is 4. The van der Waals surface area contributed by atoms with Gasteiger partial charge in [0.2, 0.25) is 0 Å². The largest absolute Gasteiger partial charge is 0.338 e. The molecule has 1 aromatic rings. The van der Waals surface area contributed by atoms with E-state index in [4.69, 9.17) is 10.9 Å². The van der Waals surface area contributed by atoms with E-state index < -0.39 is 23.4 Å². The number of nitrogens with two attached hydrogens (primary N) is 1. The Bertz CT molecular complexity index is 701. The first-order valence-corrected chi connectivity index (χ1v) is 7.94. The summed E-state index contributed by atoms with van der Waals surface area (Å²) >= 11 is 0. The van der Waals surface area contributed by atoms with Crippen molar-refractivity contribution in [1.29, 1.82) is 0 Å². The van der Waals surface area contributed by atoms with E-state index in [0.717, 1.165) is 11.1 Å². The van der Waals surface area contributed by atoms with Crippen molar-refractivity contribution in [1.82, 2.24) is 10.8 Å². The second kappa shape index (κ2) is 10.9. The molecule has 1 unspecified atom stereocenters. The molecule has 2 amide bonds. The van der Waals surface area contributed by atoms with Gasteiger partial charge in [-0.3, -0.25) is 14.8 Å². The molecule has 140 valence electrons. The number of carbonyl (C=O) groups excluding carboxylic acids is 2. The first-order chi connectivity index (χ1) is 12.1. The summed E-state index contributed by atoms with van der Waals surface area (Å²) in [5.74, 6) is 4.63. The SMILES string of the molecule is C=C.CC(C)=CC#Cc1ccc(C(=O)NC(C(=O)NO)C(C)(C)N)cc1. The number of hydrogen-bond donors (Lipinski definition) is 4. The fraction of sp³-hybridized carbons (Fsp3) is 0.300. The van der Waals surface area contributed by atoms with Crippen LogP contribution in [0.4, 0.5) is 0 Å². The third-order valence-electron chi connectivity index (χ3n) is 3.12. The zero-order valence-corrected chi connectivity index (χ0v) is 15.7. The molecule has 1 atom stereocenters. The Morgan fingerprint density at radius 2 is 1.77 bits per heavy atom. The Hall–Kier alpha value is -2.88. The monoisotopic (exact) mass is 357 g/mol. The van der Waals surface area contributed by atoms with Crippen molar-refractivity contribution in [3.8, 4) is 11.8 Å². The van der Waals surface area contributed by atoms with Crippen molar-refractivity contribution < 1.29 is 14.8 Å². The summed E-state index contributed by atoms with van der Waals surface area (Å²) in [7, 11) is 0. The van der Waals surface area contributed by atoms with Crippen molar-refractivity contribution in [2.75, 3.05) is 0 Å². The quantitative estimate of drug-likeness (QED) is 0.287. The maximum absolute atomic E-state index is 12.3. The van der Waals surface area contributed by atoms with Crippen LogP contribution in [0.15, 0.2) is 49.1 Å². The first-order valence-electron chi connectivity index (χ1n) is 7.94. The molecule has 0 bridgehead atoms. The highest BCUT2D eigenvalue weighted by Gasteiger charge is 2.33. The molecular formula is C20H27N3O3. The molecule has 0 aliphatic rings. The van der Waals surface area contributed by atoms with Crippen molar-refractivity contribution in [3.63, 3.8) is 0 Å². The van der Waals surface area contributed by atoms with Crippen LogP contribution in [0.2, 0.25) is 0 Å². The van der Waals surface area contributed by atoms with Crippen molar-refractivity contribution >= 4 is 11.8 Å². The molecule has 0 radical (unpaired) electrons. The van der Waals surface area contributed by atoms with Crippen molar-refractivity contribution in [3.05, 3.63) is 60.2 Å². The summed E-state index contributed by atoms with van der Waals surface area (Å²) in [5.41, 5.74) is 8.59. The molecule has 0 aliphatic carbocycles. The van der Waals surface area contributed by atoms with Gasteiger partial charge in [-0.05, 0) is 58.0 Å². The predicted octanol–water partition coefficient (Wildman–Crippen LogP) is 2.15. The fourth-order valence-electron chi connectivity index (χ4n) is 1.84. The molecule has 0 spiro atoms. The number of nitrogens with one attached hydrogen (secondary N) is 2. The minimum absolute atomic E-state index is 0.364. The van der Waals surface area contributed by atoms with Gasteiger partial charge in [-0.1, -0.05) is 17.4 Å². The predicted molar refractivity (Wildman–Crippen MR) is 103 cm³/mol. The van der Waals surface area contributed by atoms with Crippen LogP contribution < -0.4 is 16.5 Å². The maximum Gasteiger partial charge on any atom is 0.267 e. The van der Waals surface area contributed by atoms with E-state index >= 15 is 0 Å². The second-order valence-corrected chi connectivity index (χ2v) is 6.27.